The van der Waals surface area contributed by atoms with Crippen molar-refractivity contribution in [2.24, 2.45) is 0 Å². The third-order valence-corrected chi connectivity index (χ3v) is 3.10. The van der Waals surface area contributed by atoms with Gasteiger partial charge in [-0.15, -0.1) is 0 Å². The molecule has 0 fully saturated rings. The van der Waals surface area contributed by atoms with Gasteiger partial charge in [0.15, 0.2) is 37.9 Å². The van der Waals surface area contributed by atoms with Gasteiger partial charge in [-0.3, -0.25) is 0 Å². The van der Waals surface area contributed by atoms with Crippen molar-refractivity contribution in [2.75, 3.05) is 26.4 Å². The minimum atomic E-state index is -1.12. The molecule has 0 heterocycles. The van der Waals surface area contributed by atoms with Crippen LogP contribution in [0.1, 0.15) is 0 Å². The number of para-hydroxylation sites is 2. The van der Waals surface area contributed by atoms with E-state index in [0.29, 0.717) is 11.5 Å². The smallest absolute Gasteiger partial charge is 0.341 e. The highest BCUT2D eigenvalue weighted by Gasteiger charge is 2.08. The monoisotopic (exact) mass is 452 g/mol. The number of carboxylic acids is 4. The van der Waals surface area contributed by atoms with Crippen LogP contribution in [0, 0.1) is 0 Å². The fraction of sp³-hybridized carbons (Fsp3) is 0.200. The van der Waals surface area contributed by atoms with E-state index in [0.717, 1.165) is 0 Å². The molecule has 0 saturated heterocycles. The zero-order valence-corrected chi connectivity index (χ0v) is 16.5. The summed E-state index contributed by atoms with van der Waals surface area (Å²) in [5.74, 6) is -3.20. The summed E-state index contributed by atoms with van der Waals surface area (Å²) in [6.07, 6.45) is 0. The molecule has 32 heavy (non-hydrogen) atoms. The lowest BCUT2D eigenvalue weighted by atomic mass is 10.3. The van der Waals surface area contributed by atoms with Crippen LogP contribution in [0.5, 0.6) is 23.0 Å². The Labute approximate surface area is 181 Å². The molecule has 12 nitrogen and oxygen atoms in total. The van der Waals surface area contributed by atoms with Crippen LogP contribution in [0.4, 0.5) is 0 Å². The van der Waals surface area contributed by atoms with E-state index in [2.05, 4.69) is 0 Å². The van der Waals surface area contributed by atoms with Crippen LogP contribution in [0.25, 0.3) is 0 Å². The molecule has 172 valence electrons. The Morgan fingerprint density at radius 3 is 1.06 bits per heavy atom. The summed E-state index contributed by atoms with van der Waals surface area (Å²) < 4.78 is 19.6. The van der Waals surface area contributed by atoms with Crippen molar-refractivity contribution >= 4 is 23.9 Å². The van der Waals surface area contributed by atoms with Gasteiger partial charge in [0.25, 0.3) is 0 Å². The van der Waals surface area contributed by atoms with Crippen molar-refractivity contribution in [3.05, 3.63) is 48.5 Å². The second kappa shape index (κ2) is 13.7. The van der Waals surface area contributed by atoms with Crippen LogP contribution >= 0.6 is 0 Å². The van der Waals surface area contributed by atoms with Crippen molar-refractivity contribution in [3.8, 4) is 23.0 Å². The number of aliphatic carboxylic acids is 4. The number of ether oxygens (including phenoxy) is 4. The highest BCUT2D eigenvalue weighted by Crippen LogP contribution is 2.26. The second-order valence-electron chi connectivity index (χ2n) is 5.65. The fourth-order valence-electron chi connectivity index (χ4n) is 1.89. The minimum Gasteiger partial charge on any atom is -0.482 e. The molecule has 0 aliphatic carbocycles. The van der Waals surface area contributed by atoms with Crippen LogP contribution < -0.4 is 18.9 Å². The highest BCUT2D eigenvalue weighted by atomic mass is 16.5. The van der Waals surface area contributed by atoms with E-state index in [-0.39, 0.29) is 11.5 Å². The van der Waals surface area contributed by atoms with Gasteiger partial charge >= 0.3 is 23.9 Å². The Balaban J connectivity index is 0.000000320. The molecule has 0 aromatic heterocycles. The van der Waals surface area contributed by atoms with Crippen LogP contribution in [-0.4, -0.2) is 70.7 Å². The van der Waals surface area contributed by atoms with Gasteiger partial charge in [0.1, 0.15) is 11.5 Å². The second-order valence-corrected chi connectivity index (χ2v) is 5.65. The van der Waals surface area contributed by atoms with Gasteiger partial charge in [0.05, 0.1) is 0 Å². The lowest BCUT2D eigenvalue weighted by Gasteiger charge is -2.09. The molecule has 12 heteroatoms. The third-order valence-electron chi connectivity index (χ3n) is 3.10. The van der Waals surface area contributed by atoms with E-state index >= 15 is 0 Å². The SMILES string of the molecule is O=C(O)COc1ccc(OCC(=O)O)cc1.O=C(O)COc1ccccc1OCC(=O)O. The first-order chi connectivity index (χ1) is 15.2. The molecule has 4 N–H and O–H groups in total. The Hall–Kier alpha value is -4.48. The third kappa shape index (κ3) is 11.5. The van der Waals surface area contributed by atoms with Gasteiger partial charge in [-0.1, -0.05) is 12.1 Å². The number of hydrogen-bond acceptors (Lipinski definition) is 8. The predicted molar refractivity (Wildman–Crippen MR) is 105 cm³/mol. The van der Waals surface area contributed by atoms with Gasteiger partial charge in [0.2, 0.25) is 0 Å². The topological polar surface area (TPSA) is 186 Å². The van der Waals surface area contributed by atoms with Crippen LogP contribution in [0.2, 0.25) is 0 Å². The summed E-state index contributed by atoms with van der Waals surface area (Å²) in [7, 11) is 0. The minimum absolute atomic E-state index is 0.200. The normalized spacial score (nSPS) is 9.50. The average molecular weight is 452 g/mol. The molecule has 2 aromatic rings. The Bertz CT molecular complexity index is 833. The number of rotatable bonds is 12. The summed E-state index contributed by atoms with van der Waals surface area (Å²) in [6, 6.07) is 12.3. The quantitative estimate of drug-likeness (QED) is 0.361. The first-order valence-corrected chi connectivity index (χ1v) is 8.75. The van der Waals surface area contributed by atoms with E-state index in [1.807, 2.05) is 0 Å². The molecule has 0 unspecified atom stereocenters. The summed E-state index contributed by atoms with van der Waals surface area (Å²) in [4.78, 5) is 41.0. The molecule has 0 spiro atoms. The van der Waals surface area contributed by atoms with Gasteiger partial charge in [-0.05, 0) is 36.4 Å². The highest BCUT2D eigenvalue weighted by molar-refractivity contribution is 5.70. The van der Waals surface area contributed by atoms with E-state index in [1.165, 1.54) is 36.4 Å². The maximum Gasteiger partial charge on any atom is 0.341 e. The van der Waals surface area contributed by atoms with Gasteiger partial charge in [-0.2, -0.15) is 0 Å². The Kier molecular flexibility index (Phi) is 10.9. The molecule has 2 rings (SSSR count). The number of carbonyl (C=O) groups is 4. The van der Waals surface area contributed by atoms with Crippen LogP contribution in [0.3, 0.4) is 0 Å². The van der Waals surface area contributed by atoms with Crippen LogP contribution in [0.15, 0.2) is 48.5 Å². The van der Waals surface area contributed by atoms with E-state index in [1.54, 1.807) is 12.1 Å². The molecular weight excluding hydrogens is 432 g/mol. The van der Waals surface area contributed by atoms with Crippen molar-refractivity contribution in [1.29, 1.82) is 0 Å². The molecule has 0 bridgehead atoms. The summed E-state index contributed by atoms with van der Waals surface area (Å²) in [5, 5.41) is 33.6. The van der Waals surface area contributed by atoms with Gasteiger partial charge in [0, 0.05) is 0 Å². The lowest BCUT2D eigenvalue weighted by molar-refractivity contribution is -0.140. The molecule has 2 aromatic carbocycles. The number of carboxylic acid groups (broad SMARTS) is 4. The van der Waals surface area contributed by atoms with Crippen molar-refractivity contribution in [3.63, 3.8) is 0 Å². The molecule has 0 atom stereocenters. The molecule has 0 aliphatic heterocycles. The maximum absolute atomic E-state index is 10.3. The van der Waals surface area contributed by atoms with Crippen molar-refractivity contribution in [2.45, 2.75) is 0 Å². The van der Waals surface area contributed by atoms with E-state index in [9.17, 15) is 19.2 Å². The largest absolute Gasteiger partial charge is 0.482 e. The molecular formula is C20H20O12. The molecule has 0 amide bonds. The van der Waals surface area contributed by atoms with E-state index < -0.39 is 50.3 Å². The van der Waals surface area contributed by atoms with Gasteiger partial charge < -0.3 is 39.4 Å². The summed E-state index contributed by atoms with van der Waals surface area (Å²) in [5.41, 5.74) is 0. The molecule has 0 saturated carbocycles. The van der Waals surface area contributed by atoms with Gasteiger partial charge in [-0.25, -0.2) is 19.2 Å². The standard InChI is InChI=1S/2C10H10O6/c11-9(12)5-15-7-1-2-8(4-3-7)16-6-10(13)14;11-9(12)5-15-7-3-1-2-4-8(7)16-6-10(13)14/h2*1-4H,5-6H2,(H,11,12)(H,13,14). The number of hydrogen-bond donors (Lipinski definition) is 4. The van der Waals surface area contributed by atoms with Crippen LogP contribution in [-0.2, 0) is 19.2 Å². The lowest BCUT2D eigenvalue weighted by Crippen LogP contribution is -2.12. The first kappa shape index (κ1) is 25.6. The Morgan fingerprint density at radius 1 is 0.500 bits per heavy atom. The molecule has 0 radical (unpaired) electrons. The maximum atomic E-state index is 10.3. The zero-order valence-electron chi connectivity index (χ0n) is 16.5. The first-order valence-electron chi connectivity index (χ1n) is 8.75. The number of benzene rings is 2. The summed E-state index contributed by atoms with van der Waals surface area (Å²) in [6.45, 7) is -1.86. The predicted octanol–water partition coefficient (Wildman–Crippen LogP) is 1.23. The van der Waals surface area contributed by atoms with Crippen molar-refractivity contribution < 1.29 is 58.6 Å². The van der Waals surface area contributed by atoms with Crippen molar-refractivity contribution in [1.82, 2.24) is 0 Å². The van der Waals surface area contributed by atoms with E-state index in [4.69, 9.17) is 39.4 Å². The summed E-state index contributed by atoms with van der Waals surface area (Å²) >= 11 is 0. The Morgan fingerprint density at radius 2 is 0.781 bits per heavy atom. The average Bonchev–Trinajstić information content (AvgIpc) is 2.75. The fourth-order valence-corrected chi connectivity index (χ4v) is 1.89. The zero-order chi connectivity index (χ0) is 23.9. The molecule has 0 aliphatic rings.